The molecule has 1 N–H and O–H groups in total. The Morgan fingerprint density at radius 1 is 1.24 bits per heavy atom. The van der Waals surface area contributed by atoms with Crippen LogP contribution in [0.1, 0.15) is 16.8 Å². The first-order valence-corrected chi connectivity index (χ1v) is 5.46. The third kappa shape index (κ3) is 3.20. The molecule has 0 unspecified atom stereocenters. The Kier molecular flexibility index (Phi) is 3.59. The van der Waals surface area contributed by atoms with Gasteiger partial charge in [0.05, 0.1) is 12.2 Å². The van der Waals surface area contributed by atoms with Gasteiger partial charge in [0.15, 0.2) is 0 Å². The van der Waals surface area contributed by atoms with Gasteiger partial charge in [-0.1, -0.05) is 24.0 Å². The fourth-order valence-electron chi connectivity index (χ4n) is 1.57. The average molecular weight is 226 g/mol. The van der Waals surface area contributed by atoms with Gasteiger partial charge in [0.2, 0.25) is 0 Å². The van der Waals surface area contributed by atoms with Gasteiger partial charge in [-0.05, 0) is 30.7 Å². The number of aliphatic hydroxyl groups excluding tert-OH is 1. The molecular formula is C14H14N2O. The molecule has 0 bridgehead atoms. The number of hydrogen-bond acceptors (Lipinski definition) is 2. The molecule has 0 aliphatic rings. The van der Waals surface area contributed by atoms with Crippen LogP contribution >= 0.6 is 0 Å². The minimum absolute atomic E-state index is 0.103. The van der Waals surface area contributed by atoms with Crippen LogP contribution in [0.15, 0.2) is 36.5 Å². The summed E-state index contributed by atoms with van der Waals surface area (Å²) in [5.74, 6) is 5.49. The molecule has 1 aromatic carbocycles. The number of nitrogens with zero attached hydrogens (tertiary/aromatic N) is 2. The highest BCUT2D eigenvalue weighted by atomic mass is 16.2. The first kappa shape index (κ1) is 11.4. The second kappa shape index (κ2) is 5.33. The van der Waals surface area contributed by atoms with Crippen LogP contribution < -0.4 is 0 Å². The molecule has 0 spiro atoms. The van der Waals surface area contributed by atoms with E-state index in [-0.39, 0.29) is 6.61 Å². The van der Waals surface area contributed by atoms with Crippen LogP contribution in [0.4, 0.5) is 0 Å². The summed E-state index contributed by atoms with van der Waals surface area (Å²) in [7, 11) is 0. The van der Waals surface area contributed by atoms with Crippen molar-refractivity contribution in [3.8, 4) is 11.8 Å². The molecule has 3 heteroatoms. The second-order valence-electron chi connectivity index (χ2n) is 3.81. The SMILES string of the molecule is Cc1ccn(Cc2ccc(C#CCO)cc2)n1. The minimum atomic E-state index is -0.103. The van der Waals surface area contributed by atoms with Crippen molar-refractivity contribution in [3.63, 3.8) is 0 Å². The van der Waals surface area contributed by atoms with E-state index >= 15 is 0 Å². The van der Waals surface area contributed by atoms with E-state index in [1.54, 1.807) is 0 Å². The monoisotopic (exact) mass is 226 g/mol. The summed E-state index contributed by atoms with van der Waals surface area (Å²) in [6.45, 7) is 2.64. The van der Waals surface area contributed by atoms with Crippen molar-refractivity contribution in [3.05, 3.63) is 53.3 Å². The fraction of sp³-hybridized carbons (Fsp3) is 0.214. The molecule has 1 heterocycles. The van der Waals surface area contributed by atoms with Crippen molar-refractivity contribution in [2.75, 3.05) is 6.61 Å². The summed E-state index contributed by atoms with van der Waals surface area (Å²) in [5, 5.41) is 12.9. The molecule has 0 saturated carbocycles. The number of hydrogen-bond donors (Lipinski definition) is 1. The maximum Gasteiger partial charge on any atom is 0.104 e. The van der Waals surface area contributed by atoms with E-state index < -0.39 is 0 Å². The Labute approximate surface area is 101 Å². The average Bonchev–Trinajstić information content (AvgIpc) is 2.74. The Balaban J connectivity index is 2.08. The molecule has 17 heavy (non-hydrogen) atoms. The Morgan fingerprint density at radius 2 is 2.00 bits per heavy atom. The maximum absolute atomic E-state index is 8.59. The van der Waals surface area contributed by atoms with Crippen molar-refractivity contribution in [1.82, 2.24) is 9.78 Å². The molecule has 2 aromatic rings. The van der Waals surface area contributed by atoms with E-state index in [4.69, 9.17) is 5.11 Å². The molecular weight excluding hydrogens is 212 g/mol. The maximum atomic E-state index is 8.59. The molecule has 0 amide bonds. The molecule has 3 nitrogen and oxygen atoms in total. The zero-order valence-electron chi connectivity index (χ0n) is 9.72. The Bertz CT molecular complexity index is 544. The van der Waals surface area contributed by atoms with Gasteiger partial charge in [-0.25, -0.2) is 0 Å². The van der Waals surface area contributed by atoms with Gasteiger partial charge >= 0.3 is 0 Å². The Morgan fingerprint density at radius 3 is 2.59 bits per heavy atom. The second-order valence-corrected chi connectivity index (χ2v) is 3.81. The summed E-state index contributed by atoms with van der Waals surface area (Å²) in [5.41, 5.74) is 3.12. The lowest BCUT2D eigenvalue weighted by Crippen LogP contribution is -2.00. The number of aromatic nitrogens is 2. The van der Waals surface area contributed by atoms with Gasteiger partial charge < -0.3 is 5.11 Å². The molecule has 86 valence electrons. The molecule has 0 aliphatic carbocycles. The van der Waals surface area contributed by atoms with Crippen LogP contribution in [-0.4, -0.2) is 21.5 Å². The van der Waals surface area contributed by atoms with Gasteiger partial charge in [-0.2, -0.15) is 5.10 Å². The fourth-order valence-corrected chi connectivity index (χ4v) is 1.57. The summed E-state index contributed by atoms with van der Waals surface area (Å²) in [6, 6.07) is 9.95. The van der Waals surface area contributed by atoms with Crippen LogP contribution in [0, 0.1) is 18.8 Å². The number of aryl methyl sites for hydroxylation is 1. The van der Waals surface area contributed by atoms with Crippen LogP contribution in [0.2, 0.25) is 0 Å². The molecule has 0 aliphatic heterocycles. The summed E-state index contributed by atoms with van der Waals surface area (Å²) in [4.78, 5) is 0. The highest BCUT2D eigenvalue weighted by Gasteiger charge is 1.96. The number of benzene rings is 1. The van der Waals surface area contributed by atoms with E-state index in [1.165, 1.54) is 5.56 Å². The van der Waals surface area contributed by atoms with Gasteiger partial charge in [-0.3, -0.25) is 4.68 Å². The van der Waals surface area contributed by atoms with Crippen LogP contribution in [0.25, 0.3) is 0 Å². The molecule has 2 rings (SSSR count). The smallest absolute Gasteiger partial charge is 0.104 e. The van der Waals surface area contributed by atoms with Crippen molar-refractivity contribution in [1.29, 1.82) is 0 Å². The lowest BCUT2D eigenvalue weighted by atomic mass is 10.1. The lowest BCUT2D eigenvalue weighted by Gasteiger charge is -2.01. The van der Waals surface area contributed by atoms with Gasteiger partial charge in [0, 0.05) is 11.8 Å². The molecule has 0 atom stereocenters. The van der Waals surface area contributed by atoms with Crippen molar-refractivity contribution in [2.45, 2.75) is 13.5 Å². The minimum Gasteiger partial charge on any atom is -0.384 e. The standard InChI is InChI=1S/C14H14N2O/c1-12-8-9-16(15-12)11-14-6-4-13(5-7-14)3-2-10-17/h4-9,17H,10-11H2,1H3. The van der Waals surface area contributed by atoms with Crippen molar-refractivity contribution >= 4 is 0 Å². The quantitative estimate of drug-likeness (QED) is 0.790. The number of rotatable bonds is 2. The van der Waals surface area contributed by atoms with E-state index in [0.29, 0.717) is 0 Å². The van der Waals surface area contributed by atoms with E-state index in [0.717, 1.165) is 17.8 Å². The highest BCUT2D eigenvalue weighted by Crippen LogP contribution is 2.05. The summed E-state index contributed by atoms with van der Waals surface area (Å²) in [6.07, 6.45) is 1.97. The molecule has 1 aromatic heterocycles. The van der Waals surface area contributed by atoms with Crippen LogP contribution in [0.3, 0.4) is 0 Å². The van der Waals surface area contributed by atoms with Crippen molar-refractivity contribution in [2.24, 2.45) is 0 Å². The third-order valence-electron chi connectivity index (χ3n) is 2.38. The summed E-state index contributed by atoms with van der Waals surface area (Å²) < 4.78 is 1.91. The van der Waals surface area contributed by atoms with E-state index in [9.17, 15) is 0 Å². The third-order valence-corrected chi connectivity index (χ3v) is 2.38. The first-order chi connectivity index (χ1) is 8.28. The normalized spacial score (nSPS) is 9.76. The lowest BCUT2D eigenvalue weighted by molar-refractivity contribution is 0.350. The number of aliphatic hydroxyl groups is 1. The zero-order valence-corrected chi connectivity index (χ0v) is 9.72. The van der Waals surface area contributed by atoms with Gasteiger partial charge in [0.1, 0.15) is 6.61 Å². The predicted octanol–water partition coefficient (Wildman–Crippen LogP) is 1.58. The molecule has 0 saturated heterocycles. The van der Waals surface area contributed by atoms with Crippen LogP contribution in [-0.2, 0) is 6.54 Å². The molecule has 0 radical (unpaired) electrons. The van der Waals surface area contributed by atoms with E-state index in [2.05, 4.69) is 16.9 Å². The Hall–Kier alpha value is -2.05. The highest BCUT2D eigenvalue weighted by molar-refractivity contribution is 5.36. The van der Waals surface area contributed by atoms with Gasteiger partial charge in [-0.15, -0.1) is 0 Å². The molecule has 0 fully saturated rings. The topological polar surface area (TPSA) is 38.0 Å². The van der Waals surface area contributed by atoms with Crippen LogP contribution in [0.5, 0.6) is 0 Å². The zero-order chi connectivity index (χ0) is 12.1. The van der Waals surface area contributed by atoms with E-state index in [1.807, 2.05) is 48.1 Å². The van der Waals surface area contributed by atoms with Crippen molar-refractivity contribution < 1.29 is 5.11 Å². The first-order valence-electron chi connectivity index (χ1n) is 5.46. The summed E-state index contributed by atoms with van der Waals surface area (Å²) >= 11 is 0. The largest absolute Gasteiger partial charge is 0.384 e. The predicted molar refractivity (Wildman–Crippen MR) is 66.5 cm³/mol. The van der Waals surface area contributed by atoms with Gasteiger partial charge in [0.25, 0.3) is 0 Å².